The van der Waals surface area contributed by atoms with Crippen LogP contribution in [-0.4, -0.2) is 44.3 Å². The molecule has 0 bridgehead atoms. The number of hydrazone groups is 1. The highest BCUT2D eigenvalue weighted by molar-refractivity contribution is 7.91. The summed E-state index contributed by atoms with van der Waals surface area (Å²) < 4.78 is 27.6. The standard InChI is InChI=1S/C14H18N2O5S/c1-21-13-6-10(2-3-12(13)17)8-15-16-14(18)7-11-4-5-22(19,20)9-11/h2-3,6,8,11,17H,4-5,7,9H2,1H3,(H,16,18)/b15-8+/t11-/m0/s1. The maximum absolute atomic E-state index is 11.7. The van der Waals surface area contributed by atoms with Crippen LogP contribution in [0, 0.1) is 5.92 Å². The van der Waals surface area contributed by atoms with Gasteiger partial charge < -0.3 is 9.84 Å². The van der Waals surface area contributed by atoms with Gasteiger partial charge in [-0.05, 0) is 36.1 Å². The number of carbonyl (C=O) groups is 1. The van der Waals surface area contributed by atoms with Gasteiger partial charge in [-0.25, -0.2) is 13.8 Å². The molecule has 1 heterocycles. The zero-order chi connectivity index (χ0) is 16.2. The van der Waals surface area contributed by atoms with Crippen molar-refractivity contribution in [1.82, 2.24) is 5.43 Å². The summed E-state index contributed by atoms with van der Waals surface area (Å²) in [5.41, 5.74) is 3.02. The number of sulfone groups is 1. The SMILES string of the molecule is COc1cc(/C=N/NC(=O)C[C@@H]2CCS(=O)(=O)C2)ccc1O. The molecule has 120 valence electrons. The maximum atomic E-state index is 11.7. The molecule has 0 unspecified atom stereocenters. The molecule has 2 N–H and O–H groups in total. The number of aromatic hydroxyl groups is 1. The first kappa shape index (κ1) is 16.3. The highest BCUT2D eigenvalue weighted by Crippen LogP contribution is 2.25. The second-order valence-electron chi connectivity index (χ2n) is 5.20. The van der Waals surface area contributed by atoms with E-state index < -0.39 is 9.84 Å². The van der Waals surface area contributed by atoms with E-state index in [-0.39, 0.29) is 35.5 Å². The van der Waals surface area contributed by atoms with Crippen molar-refractivity contribution in [3.63, 3.8) is 0 Å². The Morgan fingerprint density at radius 3 is 2.95 bits per heavy atom. The summed E-state index contributed by atoms with van der Waals surface area (Å²) in [6.07, 6.45) is 2.09. The second-order valence-corrected chi connectivity index (χ2v) is 7.43. The number of phenolic OH excluding ortho intramolecular Hbond substituents is 1. The molecule has 1 aliphatic rings. The molecule has 1 aromatic rings. The minimum atomic E-state index is -2.97. The van der Waals surface area contributed by atoms with Crippen LogP contribution in [0.3, 0.4) is 0 Å². The number of hydrogen-bond acceptors (Lipinski definition) is 6. The molecule has 1 amide bonds. The van der Waals surface area contributed by atoms with Crippen molar-refractivity contribution in [2.75, 3.05) is 18.6 Å². The minimum absolute atomic E-state index is 0.0196. The molecule has 1 fully saturated rings. The van der Waals surface area contributed by atoms with Gasteiger partial charge in [0.25, 0.3) is 0 Å². The lowest BCUT2D eigenvalue weighted by Crippen LogP contribution is -2.21. The van der Waals surface area contributed by atoms with E-state index in [0.717, 1.165) is 0 Å². The number of nitrogens with one attached hydrogen (secondary N) is 1. The monoisotopic (exact) mass is 326 g/mol. The third-order valence-corrected chi connectivity index (χ3v) is 5.24. The van der Waals surface area contributed by atoms with Crippen LogP contribution in [0.15, 0.2) is 23.3 Å². The lowest BCUT2D eigenvalue weighted by Gasteiger charge is -2.05. The van der Waals surface area contributed by atoms with E-state index in [0.29, 0.717) is 17.7 Å². The van der Waals surface area contributed by atoms with Crippen LogP contribution < -0.4 is 10.2 Å². The first-order valence-electron chi connectivity index (χ1n) is 6.79. The van der Waals surface area contributed by atoms with E-state index in [1.807, 2.05) is 0 Å². The summed E-state index contributed by atoms with van der Waals surface area (Å²) in [6.45, 7) is 0. The Kier molecular flexibility index (Phi) is 5.02. The second kappa shape index (κ2) is 6.78. The average Bonchev–Trinajstić information content (AvgIpc) is 2.79. The fraction of sp³-hybridized carbons (Fsp3) is 0.429. The lowest BCUT2D eigenvalue weighted by molar-refractivity contribution is -0.121. The van der Waals surface area contributed by atoms with E-state index in [4.69, 9.17) is 4.74 Å². The van der Waals surface area contributed by atoms with Crippen molar-refractivity contribution in [3.05, 3.63) is 23.8 Å². The predicted molar refractivity (Wildman–Crippen MR) is 81.8 cm³/mol. The van der Waals surface area contributed by atoms with Crippen molar-refractivity contribution in [3.8, 4) is 11.5 Å². The normalized spacial score (nSPS) is 20.1. The molecule has 0 aromatic heterocycles. The number of carbonyl (C=O) groups excluding carboxylic acids is 1. The van der Waals surface area contributed by atoms with Crippen molar-refractivity contribution in [1.29, 1.82) is 0 Å². The largest absolute Gasteiger partial charge is 0.504 e. The van der Waals surface area contributed by atoms with Crippen molar-refractivity contribution >= 4 is 22.0 Å². The van der Waals surface area contributed by atoms with Crippen LogP contribution in [0.2, 0.25) is 0 Å². The molecule has 0 spiro atoms. The zero-order valence-corrected chi connectivity index (χ0v) is 13.0. The number of rotatable bonds is 5. The van der Waals surface area contributed by atoms with Gasteiger partial charge in [0.2, 0.25) is 5.91 Å². The number of benzene rings is 1. The van der Waals surface area contributed by atoms with Crippen LogP contribution in [0.25, 0.3) is 0 Å². The molecule has 0 radical (unpaired) electrons. The molecule has 1 aliphatic heterocycles. The van der Waals surface area contributed by atoms with Crippen molar-refractivity contribution in [2.24, 2.45) is 11.0 Å². The van der Waals surface area contributed by atoms with Crippen LogP contribution in [0.4, 0.5) is 0 Å². The first-order valence-corrected chi connectivity index (χ1v) is 8.61. The predicted octanol–water partition coefficient (Wildman–Crippen LogP) is 0.676. The number of methoxy groups -OCH3 is 1. The van der Waals surface area contributed by atoms with Crippen LogP contribution >= 0.6 is 0 Å². The fourth-order valence-electron chi connectivity index (χ4n) is 2.29. The van der Waals surface area contributed by atoms with Gasteiger partial charge in [-0.15, -0.1) is 0 Å². The molecular formula is C14H18N2O5S. The summed E-state index contributed by atoms with van der Waals surface area (Å²) in [5.74, 6) is 0.108. The van der Waals surface area contributed by atoms with Gasteiger partial charge in [0.05, 0.1) is 24.8 Å². The first-order chi connectivity index (χ1) is 10.4. The fourth-order valence-corrected chi connectivity index (χ4v) is 4.16. The topological polar surface area (TPSA) is 105 Å². The van der Waals surface area contributed by atoms with Gasteiger partial charge in [-0.2, -0.15) is 5.10 Å². The minimum Gasteiger partial charge on any atom is -0.504 e. The molecular weight excluding hydrogens is 308 g/mol. The van der Waals surface area contributed by atoms with Gasteiger partial charge in [-0.3, -0.25) is 4.79 Å². The smallest absolute Gasteiger partial charge is 0.240 e. The third-order valence-electron chi connectivity index (χ3n) is 3.41. The molecule has 0 saturated carbocycles. The van der Waals surface area contributed by atoms with E-state index in [1.54, 1.807) is 12.1 Å². The van der Waals surface area contributed by atoms with E-state index in [9.17, 15) is 18.3 Å². The molecule has 1 aromatic carbocycles. The number of phenols is 1. The van der Waals surface area contributed by atoms with Crippen LogP contribution in [-0.2, 0) is 14.6 Å². The van der Waals surface area contributed by atoms with Crippen LogP contribution in [0.1, 0.15) is 18.4 Å². The molecule has 0 aliphatic carbocycles. The Hall–Kier alpha value is -2.09. The van der Waals surface area contributed by atoms with Gasteiger partial charge in [-0.1, -0.05) is 0 Å². The molecule has 8 heteroatoms. The number of ether oxygens (including phenoxy) is 1. The highest BCUT2D eigenvalue weighted by atomic mass is 32.2. The Morgan fingerprint density at radius 1 is 1.55 bits per heavy atom. The lowest BCUT2D eigenvalue weighted by atomic mass is 10.1. The average molecular weight is 326 g/mol. The maximum Gasteiger partial charge on any atom is 0.240 e. The van der Waals surface area contributed by atoms with E-state index in [2.05, 4.69) is 10.5 Å². The summed E-state index contributed by atoms with van der Waals surface area (Å²) in [7, 11) is -1.53. The van der Waals surface area contributed by atoms with Crippen molar-refractivity contribution in [2.45, 2.75) is 12.8 Å². The number of nitrogens with zero attached hydrogens (tertiary/aromatic N) is 1. The third kappa shape index (κ3) is 4.45. The Labute approximate surface area is 128 Å². The van der Waals surface area contributed by atoms with E-state index >= 15 is 0 Å². The molecule has 22 heavy (non-hydrogen) atoms. The Bertz CT molecular complexity index is 684. The van der Waals surface area contributed by atoms with Gasteiger partial charge in [0, 0.05) is 6.42 Å². The summed E-state index contributed by atoms with van der Waals surface area (Å²) in [4.78, 5) is 11.7. The Balaban J connectivity index is 1.86. The van der Waals surface area contributed by atoms with Crippen LogP contribution in [0.5, 0.6) is 11.5 Å². The summed E-state index contributed by atoms with van der Waals surface area (Å²) in [6, 6.07) is 4.66. The Morgan fingerprint density at radius 2 is 2.32 bits per heavy atom. The summed E-state index contributed by atoms with van der Waals surface area (Å²) >= 11 is 0. The molecule has 1 saturated heterocycles. The van der Waals surface area contributed by atoms with Gasteiger partial charge in [0.15, 0.2) is 21.3 Å². The number of hydrogen-bond donors (Lipinski definition) is 2. The molecule has 1 atom stereocenters. The quantitative estimate of drug-likeness (QED) is 0.611. The van der Waals surface area contributed by atoms with E-state index in [1.165, 1.54) is 19.4 Å². The number of amides is 1. The van der Waals surface area contributed by atoms with Gasteiger partial charge >= 0.3 is 0 Å². The zero-order valence-electron chi connectivity index (χ0n) is 12.2. The van der Waals surface area contributed by atoms with Gasteiger partial charge in [0.1, 0.15) is 0 Å². The summed E-state index contributed by atoms with van der Waals surface area (Å²) in [5, 5.41) is 13.3. The molecule has 2 rings (SSSR count). The highest BCUT2D eigenvalue weighted by Gasteiger charge is 2.29. The molecule has 7 nitrogen and oxygen atoms in total. The van der Waals surface area contributed by atoms with Crippen molar-refractivity contribution < 1.29 is 23.1 Å².